The summed E-state index contributed by atoms with van der Waals surface area (Å²) in [5.41, 5.74) is 0.934. The van der Waals surface area contributed by atoms with E-state index in [0.717, 1.165) is 0 Å². The Morgan fingerprint density at radius 1 is 1.47 bits per heavy atom. The van der Waals surface area contributed by atoms with E-state index >= 15 is 0 Å². The topological polar surface area (TPSA) is 48.0 Å². The summed E-state index contributed by atoms with van der Waals surface area (Å²) in [5, 5.41) is 3.66. The third kappa shape index (κ3) is 2.58. The van der Waals surface area contributed by atoms with Gasteiger partial charge in [-0.25, -0.2) is 13.6 Å². The number of nitrogens with zero attached hydrogens (tertiary/aromatic N) is 2. The second-order valence-electron chi connectivity index (χ2n) is 3.37. The summed E-state index contributed by atoms with van der Waals surface area (Å²) >= 11 is 0. The summed E-state index contributed by atoms with van der Waals surface area (Å²) in [5.74, 6) is -0.939. The molecule has 2 rings (SSSR count). The van der Waals surface area contributed by atoms with E-state index in [1.54, 1.807) is 18.2 Å². The summed E-state index contributed by atoms with van der Waals surface area (Å²) in [6.45, 7) is 4.76. The van der Waals surface area contributed by atoms with Gasteiger partial charge in [0.05, 0.1) is 0 Å². The lowest BCUT2D eigenvalue weighted by Gasteiger charge is -1.96. The molecule has 6 heteroatoms. The Bertz CT molecular complexity index is 575. The molecule has 0 saturated carbocycles. The molecule has 0 unspecified atom stereocenters. The van der Waals surface area contributed by atoms with Crippen LogP contribution in [0.3, 0.4) is 0 Å². The number of hydrogen-bond donors (Lipinski definition) is 0. The Hall–Kier alpha value is -1.98. The number of hydrogen-bond acceptors (Lipinski definition) is 3. The van der Waals surface area contributed by atoms with Crippen LogP contribution in [0.1, 0.15) is 5.56 Å². The number of alkyl halides is 2. The zero-order chi connectivity index (χ0) is 12.4. The van der Waals surface area contributed by atoms with Crippen molar-refractivity contribution in [3.05, 3.63) is 47.3 Å². The lowest BCUT2D eigenvalue weighted by atomic mass is 10.1. The van der Waals surface area contributed by atoms with Crippen LogP contribution in [-0.2, 0) is 6.54 Å². The van der Waals surface area contributed by atoms with Crippen LogP contribution in [0.15, 0.2) is 33.5 Å². The van der Waals surface area contributed by atoms with Crippen LogP contribution in [0.5, 0.6) is 0 Å². The van der Waals surface area contributed by atoms with Gasteiger partial charge in [0, 0.05) is 5.56 Å². The van der Waals surface area contributed by atoms with Crippen molar-refractivity contribution in [3.8, 4) is 11.5 Å². The van der Waals surface area contributed by atoms with Gasteiger partial charge < -0.3 is 4.42 Å². The molecule has 0 aliphatic heterocycles. The minimum absolute atomic E-state index is 0.0250. The summed E-state index contributed by atoms with van der Waals surface area (Å²) < 4.78 is 29.6. The van der Waals surface area contributed by atoms with Crippen molar-refractivity contribution < 1.29 is 13.2 Å². The Balaban J connectivity index is 2.38. The predicted molar refractivity (Wildman–Crippen MR) is 55.6 cm³/mol. The normalized spacial score (nSPS) is 11.1. The molecule has 17 heavy (non-hydrogen) atoms. The summed E-state index contributed by atoms with van der Waals surface area (Å²) in [4.78, 5) is 11.2. The minimum atomic E-state index is -2.66. The van der Waals surface area contributed by atoms with Gasteiger partial charge in [-0.1, -0.05) is 12.1 Å². The molecule has 4 nitrogen and oxygen atoms in total. The summed E-state index contributed by atoms with van der Waals surface area (Å²) in [7, 11) is 0. The highest BCUT2D eigenvalue weighted by Crippen LogP contribution is 2.16. The van der Waals surface area contributed by atoms with Gasteiger partial charge in [0.1, 0.15) is 6.54 Å². The molecule has 1 aromatic heterocycles. The van der Waals surface area contributed by atoms with Crippen LogP contribution in [0.2, 0.25) is 0 Å². The molecule has 2 aromatic rings. The molecule has 1 aromatic carbocycles. The maximum Gasteiger partial charge on any atom is 0.437 e. The van der Waals surface area contributed by atoms with Crippen LogP contribution < -0.4 is 5.76 Å². The number of benzene rings is 1. The van der Waals surface area contributed by atoms with Gasteiger partial charge in [0.15, 0.2) is 0 Å². The van der Waals surface area contributed by atoms with E-state index in [4.69, 9.17) is 11.3 Å². The molecule has 0 amide bonds. The average molecular weight is 238 g/mol. The largest absolute Gasteiger partial charge is 0.437 e. The number of aromatic nitrogens is 2. The molecule has 0 fully saturated rings. The zero-order valence-electron chi connectivity index (χ0n) is 8.64. The SMILES string of the molecule is [CH]c1cccc(-c2nn(CC(F)F)c(=O)o2)c1. The molecule has 88 valence electrons. The van der Waals surface area contributed by atoms with Gasteiger partial charge in [-0.15, -0.1) is 5.10 Å². The van der Waals surface area contributed by atoms with Crippen molar-refractivity contribution in [3.63, 3.8) is 0 Å². The summed E-state index contributed by atoms with van der Waals surface area (Å²) in [6.07, 6.45) is -2.66. The van der Waals surface area contributed by atoms with Crippen molar-refractivity contribution in [2.24, 2.45) is 0 Å². The van der Waals surface area contributed by atoms with Crippen LogP contribution >= 0.6 is 0 Å². The van der Waals surface area contributed by atoms with Crippen molar-refractivity contribution in [1.82, 2.24) is 9.78 Å². The molecule has 0 bridgehead atoms. The highest BCUT2D eigenvalue weighted by Gasteiger charge is 2.13. The van der Waals surface area contributed by atoms with Crippen molar-refractivity contribution in [2.45, 2.75) is 13.0 Å². The van der Waals surface area contributed by atoms with Gasteiger partial charge in [-0.05, 0) is 24.6 Å². The molecule has 0 saturated heterocycles. The molecular formula is C11H8F2N2O2. The van der Waals surface area contributed by atoms with Crippen LogP contribution in [0.25, 0.3) is 11.5 Å². The Kier molecular flexibility index (Phi) is 3.03. The van der Waals surface area contributed by atoms with E-state index in [1.165, 1.54) is 6.07 Å². The van der Waals surface area contributed by atoms with Gasteiger partial charge >= 0.3 is 5.76 Å². The van der Waals surface area contributed by atoms with E-state index < -0.39 is 18.7 Å². The molecular weight excluding hydrogens is 230 g/mol. The molecule has 0 spiro atoms. The first-order chi connectivity index (χ1) is 8.06. The zero-order valence-corrected chi connectivity index (χ0v) is 8.64. The van der Waals surface area contributed by atoms with Crippen LogP contribution in [0, 0.1) is 6.92 Å². The average Bonchev–Trinajstić information content (AvgIpc) is 2.59. The maximum atomic E-state index is 12.1. The maximum absolute atomic E-state index is 12.1. The second kappa shape index (κ2) is 4.48. The van der Waals surface area contributed by atoms with Crippen molar-refractivity contribution >= 4 is 0 Å². The standard InChI is InChI=1S/C11H8F2N2O2/c1-7-3-2-4-8(5-7)10-14-15(6-9(12)13)11(16)17-10/h1-5,9H,6H2. The van der Waals surface area contributed by atoms with Crippen LogP contribution in [0.4, 0.5) is 8.78 Å². The molecule has 1 heterocycles. The lowest BCUT2D eigenvalue weighted by Crippen LogP contribution is -2.19. The lowest BCUT2D eigenvalue weighted by molar-refractivity contribution is 0.119. The van der Waals surface area contributed by atoms with E-state index in [0.29, 0.717) is 15.8 Å². The molecule has 0 atom stereocenters. The monoisotopic (exact) mass is 238 g/mol. The van der Waals surface area contributed by atoms with E-state index in [1.807, 2.05) is 0 Å². The number of halogens is 2. The number of rotatable bonds is 3. The third-order valence-corrected chi connectivity index (χ3v) is 2.05. The van der Waals surface area contributed by atoms with Crippen LogP contribution in [-0.4, -0.2) is 16.2 Å². The van der Waals surface area contributed by atoms with E-state index in [2.05, 4.69) is 5.10 Å². The van der Waals surface area contributed by atoms with Gasteiger partial charge in [-0.2, -0.15) is 4.68 Å². The molecule has 2 radical (unpaired) electrons. The summed E-state index contributed by atoms with van der Waals surface area (Å²) in [6, 6.07) is 6.46. The molecule has 0 N–H and O–H groups in total. The fourth-order valence-electron chi connectivity index (χ4n) is 1.34. The fraction of sp³-hybridized carbons (Fsp3) is 0.182. The Morgan fingerprint density at radius 3 is 2.88 bits per heavy atom. The van der Waals surface area contributed by atoms with Gasteiger partial charge in [0.2, 0.25) is 5.89 Å². The predicted octanol–water partition coefficient (Wildman–Crippen LogP) is 1.83. The second-order valence-corrected chi connectivity index (χ2v) is 3.37. The van der Waals surface area contributed by atoms with Gasteiger partial charge in [0.25, 0.3) is 6.43 Å². The quantitative estimate of drug-likeness (QED) is 0.819. The molecule has 0 aliphatic rings. The first-order valence-electron chi connectivity index (χ1n) is 4.78. The highest BCUT2D eigenvalue weighted by molar-refractivity contribution is 5.54. The highest BCUT2D eigenvalue weighted by atomic mass is 19.3. The van der Waals surface area contributed by atoms with Crippen molar-refractivity contribution in [1.29, 1.82) is 0 Å². The first kappa shape index (κ1) is 11.5. The van der Waals surface area contributed by atoms with Crippen molar-refractivity contribution in [2.75, 3.05) is 0 Å². The first-order valence-corrected chi connectivity index (χ1v) is 4.78. The third-order valence-electron chi connectivity index (χ3n) is 2.05. The molecule has 0 aliphatic carbocycles. The van der Waals surface area contributed by atoms with E-state index in [9.17, 15) is 13.6 Å². The fourth-order valence-corrected chi connectivity index (χ4v) is 1.34. The smallest absolute Gasteiger partial charge is 0.388 e. The van der Waals surface area contributed by atoms with E-state index in [-0.39, 0.29) is 5.89 Å². The minimum Gasteiger partial charge on any atom is -0.388 e. The van der Waals surface area contributed by atoms with Gasteiger partial charge in [-0.3, -0.25) is 0 Å². The Morgan fingerprint density at radius 2 is 2.24 bits per heavy atom. The Labute approximate surface area is 95.5 Å².